The molecule has 1 heteroatoms. The summed E-state index contributed by atoms with van der Waals surface area (Å²) >= 11 is 0. The minimum absolute atomic E-state index is 0.103. The van der Waals surface area contributed by atoms with Crippen molar-refractivity contribution in [1.29, 1.82) is 0 Å². The fourth-order valence-electron chi connectivity index (χ4n) is 2.08. The van der Waals surface area contributed by atoms with Crippen molar-refractivity contribution in [3.05, 3.63) is 0 Å². The van der Waals surface area contributed by atoms with E-state index in [0.717, 1.165) is 5.92 Å². The van der Waals surface area contributed by atoms with Gasteiger partial charge in [-0.25, -0.2) is 0 Å². The molecule has 0 N–H and O–H groups in total. The molecule has 0 saturated carbocycles. The topological polar surface area (TPSA) is 9.23 Å². The third kappa shape index (κ3) is 1.96. The average Bonchev–Trinajstić information content (AvgIpc) is 1.81. The van der Waals surface area contributed by atoms with Crippen LogP contribution >= 0.6 is 0 Å². The summed E-state index contributed by atoms with van der Waals surface area (Å²) in [5.74, 6) is 1.51. The lowest BCUT2D eigenvalue weighted by atomic mass is 9.80. The van der Waals surface area contributed by atoms with Crippen molar-refractivity contribution in [3.63, 3.8) is 0 Å². The Bertz CT molecular complexity index is 126. The molecule has 0 spiro atoms. The van der Waals surface area contributed by atoms with E-state index >= 15 is 0 Å². The predicted octanol–water partition coefficient (Wildman–Crippen LogP) is 2.85. The lowest BCUT2D eigenvalue weighted by Crippen LogP contribution is -2.42. The van der Waals surface area contributed by atoms with Crippen LogP contribution in [0.15, 0.2) is 0 Å². The standard InChI is InChI=1S/C10H20O/c1-7-6-10(4,5)11-9(3)8(7)2/h7-9H,6H2,1-5H3/t7?,8-,9+/m1/s1. The van der Waals surface area contributed by atoms with Crippen LogP contribution in [0.5, 0.6) is 0 Å². The average molecular weight is 156 g/mol. The summed E-state index contributed by atoms with van der Waals surface area (Å²) in [5.41, 5.74) is 0.103. The fraction of sp³-hybridized carbons (Fsp3) is 1.00. The van der Waals surface area contributed by atoms with Crippen LogP contribution in [-0.4, -0.2) is 11.7 Å². The highest BCUT2D eigenvalue weighted by Gasteiger charge is 2.35. The van der Waals surface area contributed by atoms with Gasteiger partial charge in [0.2, 0.25) is 0 Å². The molecule has 0 aromatic rings. The summed E-state index contributed by atoms with van der Waals surface area (Å²) < 4.78 is 5.86. The summed E-state index contributed by atoms with van der Waals surface area (Å²) in [6.07, 6.45) is 1.62. The SMILES string of the molecule is CC1CC(C)(C)O[C@@H](C)[C@@H]1C. The summed E-state index contributed by atoms with van der Waals surface area (Å²) in [6.45, 7) is 11.2. The second-order valence-corrected chi connectivity index (χ2v) is 4.62. The van der Waals surface area contributed by atoms with Gasteiger partial charge in [0.05, 0.1) is 11.7 Å². The van der Waals surface area contributed by atoms with Crippen molar-refractivity contribution in [2.75, 3.05) is 0 Å². The smallest absolute Gasteiger partial charge is 0.0632 e. The molecule has 1 rings (SSSR count). The molecule has 1 nitrogen and oxygen atoms in total. The van der Waals surface area contributed by atoms with Gasteiger partial charge in [0.1, 0.15) is 0 Å². The van der Waals surface area contributed by atoms with Crippen molar-refractivity contribution < 1.29 is 4.74 Å². The normalized spacial score (nSPS) is 43.9. The first-order chi connectivity index (χ1) is 4.92. The third-order valence-corrected chi connectivity index (χ3v) is 2.96. The van der Waals surface area contributed by atoms with E-state index < -0.39 is 0 Å². The zero-order valence-corrected chi connectivity index (χ0v) is 8.35. The van der Waals surface area contributed by atoms with E-state index in [1.807, 2.05) is 0 Å². The molecule has 0 aromatic carbocycles. The number of rotatable bonds is 0. The molecule has 3 atom stereocenters. The van der Waals surface area contributed by atoms with E-state index in [1.54, 1.807) is 0 Å². The van der Waals surface area contributed by atoms with Crippen molar-refractivity contribution in [2.24, 2.45) is 11.8 Å². The highest BCUT2D eigenvalue weighted by Crippen LogP contribution is 2.35. The van der Waals surface area contributed by atoms with Gasteiger partial charge in [-0.3, -0.25) is 0 Å². The summed E-state index contributed by atoms with van der Waals surface area (Å²) in [4.78, 5) is 0. The molecule has 0 bridgehead atoms. The number of ether oxygens (including phenoxy) is 1. The van der Waals surface area contributed by atoms with Crippen LogP contribution < -0.4 is 0 Å². The molecule has 1 aliphatic heterocycles. The molecule has 0 amide bonds. The summed E-state index contributed by atoms with van der Waals surface area (Å²) in [7, 11) is 0. The van der Waals surface area contributed by atoms with Crippen LogP contribution in [0, 0.1) is 11.8 Å². The van der Waals surface area contributed by atoms with Gasteiger partial charge in [0, 0.05) is 0 Å². The van der Waals surface area contributed by atoms with Crippen molar-refractivity contribution in [1.82, 2.24) is 0 Å². The van der Waals surface area contributed by atoms with Crippen LogP contribution in [0.25, 0.3) is 0 Å². The zero-order chi connectivity index (χ0) is 8.65. The van der Waals surface area contributed by atoms with E-state index in [4.69, 9.17) is 4.74 Å². The first-order valence-electron chi connectivity index (χ1n) is 4.60. The molecule has 11 heavy (non-hydrogen) atoms. The molecular formula is C10H20O. The van der Waals surface area contributed by atoms with Crippen LogP contribution in [0.4, 0.5) is 0 Å². The molecule has 1 aliphatic rings. The van der Waals surface area contributed by atoms with Gasteiger partial charge in [-0.1, -0.05) is 13.8 Å². The van der Waals surface area contributed by atoms with Gasteiger partial charge < -0.3 is 4.74 Å². The quantitative estimate of drug-likeness (QED) is 0.524. The molecule has 1 heterocycles. The predicted molar refractivity (Wildman–Crippen MR) is 47.6 cm³/mol. The number of hydrogen-bond acceptors (Lipinski definition) is 1. The molecule has 66 valence electrons. The van der Waals surface area contributed by atoms with E-state index in [1.165, 1.54) is 6.42 Å². The third-order valence-electron chi connectivity index (χ3n) is 2.96. The minimum Gasteiger partial charge on any atom is -0.372 e. The molecule has 1 fully saturated rings. The lowest BCUT2D eigenvalue weighted by Gasteiger charge is -2.42. The highest BCUT2D eigenvalue weighted by atomic mass is 16.5. The molecule has 0 radical (unpaired) electrons. The highest BCUT2D eigenvalue weighted by molar-refractivity contribution is 4.83. The maximum atomic E-state index is 5.86. The van der Waals surface area contributed by atoms with Gasteiger partial charge >= 0.3 is 0 Å². The summed E-state index contributed by atoms with van der Waals surface area (Å²) in [6, 6.07) is 0. The zero-order valence-electron chi connectivity index (χ0n) is 8.35. The Labute approximate surface area is 70.1 Å². The van der Waals surface area contributed by atoms with Crippen molar-refractivity contribution in [3.8, 4) is 0 Å². The Balaban J connectivity index is 2.62. The van der Waals surface area contributed by atoms with E-state index in [9.17, 15) is 0 Å². The van der Waals surface area contributed by atoms with Gasteiger partial charge in [-0.2, -0.15) is 0 Å². The maximum absolute atomic E-state index is 5.86. The van der Waals surface area contributed by atoms with Crippen molar-refractivity contribution >= 4 is 0 Å². The van der Waals surface area contributed by atoms with Crippen LogP contribution in [0.1, 0.15) is 41.0 Å². The lowest BCUT2D eigenvalue weighted by molar-refractivity contribution is -0.142. The van der Waals surface area contributed by atoms with Crippen molar-refractivity contribution in [2.45, 2.75) is 52.7 Å². The molecule has 0 aromatic heterocycles. The first-order valence-corrected chi connectivity index (χ1v) is 4.60. The first kappa shape index (κ1) is 9.05. The van der Waals surface area contributed by atoms with Gasteiger partial charge in [0.15, 0.2) is 0 Å². The minimum atomic E-state index is 0.103. The molecular weight excluding hydrogens is 136 g/mol. The van der Waals surface area contributed by atoms with Crippen LogP contribution in [0.3, 0.4) is 0 Å². The fourth-order valence-corrected chi connectivity index (χ4v) is 2.08. The van der Waals surface area contributed by atoms with Gasteiger partial charge in [-0.05, 0) is 39.0 Å². The summed E-state index contributed by atoms with van der Waals surface area (Å²) in [5, 5.41) is 0. The Hall–Kier alpha value is -0.0400. The monoisotopic (exact) mass is 156 g/mol. The Morgan fingerprint density at radius 3 is 2.18 bits per heavy atom. The van der Waals surface area contributed by atoms with Gasteiger partial charge in [-0.15, -0.1) is 0 Å². The van der Waals surface area contributed by atoms with E-state index in [2.05, 4.69) is 34.6 Å². The molecule has 1 saturated heterocycles. The van der Waals surface area contributed by atoms with E-state index in [-0.39, 0.29) is 5.60 Å². The van der Waals surface area contributed by atoms with Crippen LogP contribution in [0.2, 0.25) is 0 Å². The Kier molecular flexibility index (Phi) is 2.29. The second-order valence-electron chi connectivity index (χ2n) is 4.62. The van der Waals surface area contributed by atoms with E-state index in [0.29, 0.717) is 12.0 Å². The maximum Gasteiger partial charge on any atom is 0.0632 e. The second kappa shape index (κ2) is 2.78. The molecule has 0 aliphatic carbocycles. The van der Waals surface area contributed by atoms with Gasteiger partial charge in [0.25, 0.3) is 0 Å². The van der Waals surface area contributed by atoms with Crippen LogP contribution in [-0.2, 0) is 4.74 Å². The largest absolute Gasteiger partial charge is 0.372 e. The number of hydrogen-bond donors (Lipinski definition) is 0. The Morgan fingerprint density at radius 2 is 1.73 bits per heavy atom. The Morgan fingerprint density at radius 1 is 1.18 bits per heavy atom. The molecule has 1 unspecified atom stereocenters.